The molecule has 0 fully saturated rings. The zero-order valence-electron chi connectivity index (χ0n) is 9.78. The summed E-state index contributed by atoms with van der Waals surface area (Å²) in [4.78, 5) is 3.45. The highest BCUT2D eigenvalue weighted by molar-refractivity contribution is 7.86. The molecule has 0 amide bonds. The number of nitrogens with two attached hydrogens (primary N) is 1. The molecule has 0 aliphatic heterocycles. The molecule has 19 heavy (non-hydrogen) atoms. The minimum Gasteiger partial charge on any atom is -0.489 e. The van der Waals surface area contributed by atoms with Crippen LogP contribution in [0, 0.1) is 0 Å². The van der Waals surface area contributed by atoms with E-state index in [9.17, 15) is 12.3 Å². The SMILES string of the molecule is Nc1cc(OCc2ccc(S(=O)(=O)F)cc2)ccn1. The molecule has 0 aliphatic rings. The minimum absolute atomic E-state index is 0.218. The number of benzene rings is 1. The highest BCUT2D eigenvalue weighted by atomic mass is 32.3. The Morgan fingerprint density at radius 1 is 1.21 bits per heavy atom. The van der Waals surface area contributed by atoms with Crippen LogP contribution in [0.15, 0.2) is 47.5 Å². The van der Waals surface area contributed by atoms with E-state index in [1.165, 1.54) is 30.5 Å². The van der Waals surface area contributed by atoms with E-state index in [4.69, 9.17) is 10.5 Å². The fourth-order valence-electron chi connectivity index (χ4n) is 1.43. The van der Waals surface area contributed by atoms with Crippen LogP contribution in [0.1, 0.15) is 5.56 Å². The molecule has 0 radical (unpaired) electrons. The van der Waals surface area contributed by atoms with Crippen molar-refractivity contribution in [2.45, 2.75) is 11.5 Å². The summed E-state index contributed by atoms with van der Waals surface area (Å²) < 4.78 is 39.4. The molecule has 5 nitrogen and oxygen atoms in total. The maximum atomic E-state index is 12.7. The number of anilines is 1. The predicted octanol–water partition coefficient (Wildman–Crippen LogP) is 1.90. The second-order valence-electron chi connectivity index (χ2n) is 3.79. The summed E-state index contributed by atoms with van der Waals surface area (Å²) in [6.45, 7) is 0.218. The van der Waals surface area contributed by atoms with Gasteiger partial charge in [0, 0.05) is 12.3 Å². The Morgan fingerprint density at radius 2 is 1.89 bits per heavy atom. The first kappa shape index (κ1) is 13.3. The minimum atomic E-state index is -4.66. The zero-order valence-corrected chi connectivity index (χ0v) is 10.6. The van der Waals surface area contributed by atoms with E-state index in [1.807, 2.05) is 0 Å². The van der Waals surface area contributed by atoms with Gasteiger partial charge in [-0.25, -0.2) is 4.98 Å². The first-order valence-corrected chi connectivity index (χ1v) is 6.71. The summed E-state index contributed by atoms with van der Waals surface area (Å²) in [6.07, 6.45) is 1.52. The first-order chi connectivity index (χ1) is 8.95. The van der Waals surface area contributed by atoms with Crippen molar-refractivity contribution in [1.29, 1.82) is 0 Å². The largest absolute Gasteiger partial charge is 0.489 e. The third-order valence-electron chi connectivity index (χ3n) is 2.36. The van der Waals surface area contributed by atoms with Crippen LogP contribution < -0.4 is 10.5 Å². The molecule has 7 heteroatoms. The maximum Gasteiger partial charge on any atom is 0.332 e. The van der Waals surface area contributed by atoms with Crippen molar-refractivity contribution in [1.82, 2.24) is 4.98 Å². The normalized spacial score (nSPS) is 11.2. The number of hydrogen-bond acceptors (Lipinski definition) is 5. The number of halogens is 1. The lowest BCUT2D eigenvalue weighted by Gasteiger charge is -2.06. The number of nitrogens with zero attached hydrogens (tertiary/aromatic N) is 1. The molecule has 0 saturated heterocycles. The van der Waals surface area contributed by atoms with Crippen LogP contribution in [0.5, 0.6) is 5.75 Å². The number of aromatic nitrogens is 1. The molecule has 0 unspecified atom stereocenters. The molecule has 2 rings (SSSR count). The molecule has 1 heterocycles. The van der Waals surface area contributed by atoms with Gasteiger partial charge in [0.1, 0.15) is 18.2 Å². The molecule has 1 aromatic carbocycles. The number of rotatable bonds is 4. The average molecular weight is 282 g/mol. The summed E-state index contributed by atoms with van der Waals surface area (Å²) in [5.74, 6) is 0.895. The van der Waals surface area contributed by atoms with Gasteiger partial charge in [-0.05, 0) is 23.8 Å². The highest BCUT2D eigenvalue weighted by Crippen LogP contribution is 2.16. The Labute approximate surface area is 110 Å². The first-order valence-electron chi connectivity index (χ1n) is 5.33. The van der Waals surface area contributed by atoms with Crippen LogP contribution >= 0.6 is 0 Å². The van der Waals surface area contributed by atoms with E-state index in [2.05, 4.69) is 4.98 Å². The highest BCUT2D eigenvalue weighted by Gasteiger charge is 2.10. The lowest BCUT2D eigenvalue weighted by Crippen LogP contribution is -1.98. The Morgan fingerprint density at radius 3 is 2.47 bits per heavy atom. The Balaban J connectivity index is 2.05. The van der Waals surface area contributed by atoms with Gasteiger partial charge in [0.15, 0.2) is 0 Å². The molecule has 100 valence electrons. The van der Waals surface area contributed by atoms with Gasteiger partial charge >= 0.3 is 10.2 Å². The van der Waals surface area contributed by atoms with Gasteiger partial charge in [-0.15, -0.1) is 3.89 Å². The molecule has 1 aromatic heterocycles. The third-order valence-corrected chi connectivity index (χ3v) is 3.20. The fourth-order valence-corrected chi connectivity index (χ4v) is 1.89. The van der Waals surface area contributed by atoms with Crippen molar-refractivity contribution in [3.8, 4) is 5.75 Å². The zero-order chi connectivity index (χ0) is 13.9. The monoisotopic (exact) mass is 282 g/mol. The summed E-state index contributed by atoms with van der Waals surface area (Å²) >= 11 is 0. The Kier molecular flexibility index (Phi) is 3.66. The van der Waals surface area contributed by atoms with Gasteiger partial charge in [-0.1, -0.05) is 12.1 Å². The van der Waals surface area contributed by atoms with Gasteiger partial charge in [0.05, 0.1) is 4.90 Å². The molecule has 0 bridgehead atoms. The van der Waals surface area contributed by atoms with E-state index >= 15 is 0 Å². The van der Waals surface area contributed by atoms with Crippen LogP contribution in [0.2, 0.25) is 0 Å². The van der Waals surface area contributed by atoms with E-state index < -0.39 is 10.2 Å². The van der Waals surface area contributed by atoms with E-state index in [0.717, 1.165) is 0 Å². The second-order valence-corrected chi connectivity index (χ2v) is 5.13. The maximum absolute atomic E-state index is 12.7. The number of pyridine rings is 1. The molecule has 2 N–H and O–H groups in total. The second kappa shape index (κ2) is 5.23. The van der Waals surface area contributed by atoms with Gasteiger partial charge in [-0.3, -0.25) is 0 Å². The van der Waals surface area contributed by atoms with Crippen molar-refractivity contribution in [3.63, 3.8) is 0 Å². The van der Waals surface area contributed by atoms with Gasteiger partial charge in [0.25, 0.3) is 0 Å². The summed E-state index contributed by atoms with van der Waals surface area (Å²) in [5, 5.41) is 0. The lowest BCUT2D eigenvalue weighted by atomic mass is 10.2. The Hall–Kier alpha value is -2.15. The summed E-state index contributed by atoms with van der Waals surface area (Å²) in [5.41, 5.74) is 6.21. The predicted molar refractivity (Wildman–Crippen MR) is 67.7 cm³/mol. The number of ether oxygens (including phenoxy) is 1. The van der Waals surface area contributed by atoms with Crippen LogP contribution in [0.25, 0.3) is 0 Å². The van der Waals surface area contributed by atoms with Crippen molar-refractivity contribution in [2.75, 3.05) is 5.73 Å². The quantitative estimate of drug-likeness (QED) is 0.866. The van der Waals surface area contributed by atoms with Crippen molar-refractivity contribution < 1.29 is 17.0 Å². The standard InChI is InChI=1S/C12H11FN2O3S/c13-19(16,17)11-3-1-9(2-4-11)8-18-10-5-6-15-12(14)7-10/h1-7H,8H2,(H2,14,15). The molecular weight excluding hydrogens is 271 g/mol. The van der Waals surface area contributed by atoms with Gasteiger partial charge in [0.2, 0.25) is 0 Å². The van der Waals surface area contributed by atoms with Crippen molar-refractivity contribution in [3.05, 3.63) is 48.2 Å². The smallest absolute Gasteiger partial charge is 0.332 e. The molecule has 0 saturated carbocycles. The molecule has 0 spiro atoms. The van der Waals surface area contributed by atoms with Gasteiger partial charge < -0.3 is 10.5 Å². The van der Waals surface area contributed by atoms with E-state index in [-0.39, 0.29) is 11.5 Å². The van der Waals surface area contributed by atoms with Crippen LogP contribution in [0.3, 0.4) is 0 Å². The van der Waals surface area contributed by atoms with Crippen LogP contribution in [-0.4, -0.2) is 13.4 Å². The molecule has 0 aliphatic carbocycles. The molecular formula is C12H11FN2O3S. The molecule has 0 atom stereocenters. The van der Waals surface area contributed by atoms with Gasteiger partial charge in [-0.2, -0.15) is 8.42 Å². The van der Waals surface area contributed by atoms with E-state index in [0.29, 0.717) is 17.1 Å². The topological polar surface area (TPSA) is 82.3 Å². The van der Waals surface area contributed by atoms with E-state index in [1.54, 1.807) is 12.1 Å². The number of nitrogen functional groups attached to an aromatic ring is 1. The Bertz CT molecular complexity index is 672. The lowest BCUT2D eigenvalue weighted by molar-refractivity contribution is 0.306. The fraction of sp³-hybridized carbons (Fsp3) is 0.0833. The third kappa shape index (κ3) is 3.65. The number of hydrogen-bond donors (Lipinski definition) is 1. The van der Waals surface area contributed by atoms with Crippen LogP contribution in [0.4, 0.5) is 9.70 Å². The van der Waals surface area contributed by atoms with Crippen LogP contribution in [-0.2, 0) is 16.8 Å². The summed E-state index contributed by atoms with van der Waals surface area (Å²) in [7, 11) is -4.66. The molecule has 2 aromatic rings. The van der Waals surface area contributed by atoms with Crippen molar-refractivity contribution >= 4 is 16.0 Å². The van der Waals surface area contributed by atoms with Crippen molar-refractivity contribution in [2.24, 2.45) is 0 Å². The summed E-state index contributed by atoms with van der Waals surface area (Å²) in [6, 6.07) is 8.56. The average Bonchev–Trinajstić information content (AvgIpc) is 2.36.